The molecule has 0 radical (unpaired) electrons. The molecule has 2 amide bonds. The maximum Gasteiger partial charge on any atom is 0.246 e. The maximum atomic E-state index is 13.5. The first kappa shape index (κ1) is 22.4. The van der Waals surface area contributed by atoms with Crippen LogP contribution in [-0.2, 0) is 26.3 Å². The van der Waals surface area contributed by atoms with Crippen molar-refractivity contribution < 1.29 is 24.5 Å². The Kier molecular flexibility index (Phi) is 6.33. The number of nitrogens with one attached hydrogen (secondary N) is 2. The molecule has 0 aromatic heterocycles. The first-order chi connectivity index (χ1) is 16.0. The van der Waals surface area contributed by atoms with E-state index < -0.39 is 5.41 Å². The van der Waals surface area contributed by atoms with E-state index in [0.717, 1.165) is 12.0 Å². The predicted octanol–water partition coefficient (Wildman–Crippen LogP) is 3.43. The van der Waals surface area contributed by atoms with Gasteiger partial charge in [0.15, 0.2) is 0 Å². The molecule has 170 valence electrons. The highest BCUT2D eigenvalue weighted by molar-refractivity contribution is 6.11. The van der Waals surface area contributed by atoms with Crippen LogP contribution in [0, 0.1) is 0 Å². The molecule has 7 heteroatoms. The molecule has 0 spiro atoms. The van der Waals surface area contributed by atoms with Crippen LogP contribution in [-0.4, -0.2) is 35.2 Å². The second-order valence-corrected chi connectivity index (χ2v) is 7.97. The maximum absolute atomic E-state index is 13.5. The van der Waals surface area contributed by atoms with Crippen LogP contribution in [0.3, 0.4) is 0 Å². The molecule has 1 aliphatic heterocycles. The SMILES string of the molecule is CCCOCC(=O)NCc1cc(C2(c3ccc(O)cc3)C(=O)Nc3ccccc32)ccc1O. The zero-order chi connectivity index (χ0) is 23.4. The third kappa shape index (κ3) is 4.15. The molecule has 0 saturated carbocycles. The largest absolute Gasteiger partial charge is 0.508 e. The fraction of sp³-hybridized carbons (Fsp3) is 0.231. The highest BCUT2D eigenvalue weighted by atomic mass is 16.5. The van der Waals surface area contributed by atoms with Gasteiger partial charge in [0.1, 0.15) is 23.5 Å². The third-order valence-electron chi connectivity index (χ3n) is 5.79. The average Bonchev–Trinajstić information content (AvgIpc) is 3.12. The summed E-state index contributed by atoms with van der Waals surface area (Å²) in [4.78, 5) is 25.6. The highest BCUT2D eigenvalue weighted by Gasteiger charge is 2.49. The van der Waals surface area contributed by atoms with E-state index in [2.05, 4.69) is 10.6 Å². The Morgan fingerprint density at radius 2 is 1.76 bits per heavy atom. The molecule has 4 rings (SSSR count). The van der Waals surface area contributed by atoms with E-state index in [9.17, 15) is 19.8 Å². The van der Waals surface area contributed by atoms with Crippen LogP contribution in [0.25, 0.3) is 0 Å². The second kappa shape index (κ2) is 9.34. The Bertz CT molecular complexity index is 1180. The van der Waals surface area contributed by atoms with Crippen LogP contribution in [0.2, 0.25) is 0 Å². The van der Waals surface area contributed by atoms with Crippen molar-refractivity contribution in [2.24, 2.45) is 0 Å². The van der Waals surface area contributed by atoms with Gasteiger partial charge in [-0.3, -0.25) is 9.59 Å². The predicted molar refractivity (Wildman–Crippen MR) is 124 cm³/mol. The number of benzene rings is 3. The highest BCUT2D eigenvalue weighted by Crippen LogP contribution is 2.48. The van der Waals surface area contributed by atoms with Crippen molar-refractivity contribution >= 4 is 17.5 Å². The number of amides is 2. The van der Waals surface area contributed by atoms with E-state index in [4.69, 9.17) is 4.74 Å². The van der Waals surface area contributed by atoms with E-state index in [1.54, 1.807) is 36.4 Å². The summed E-state index contributed by atoms with van der Waals surface area (Å²) >= 11 is 0. The van der Waals surface area contributed by atoms with Crippen molar-refractivity contribution in [2.45, 2.75) is 25.3 Å². The van der Waals surface area contributed by atoms with Gasteiger partial charge in [0.2, 0.25) is 11.8 Å². The van der Waals surface area contributed by atoms with Crippen LogP contribution in [0.15, 0.2) is 66.7 Å². The number of carbonyl (C=O) groups excluding carboxylic acids is 2. The van der Waals surface area contributed by atoms with Crippen molar-refractivity contribution in [3.63, 3.8) is 0 Å². The number of rotatable bonds is 8. The summed E-state index contributed by atoms with van der Waals surface area (Å²) in [6.45, 7) is 2.49. The van der Waals surface area contributed by atoms with Crippen LogP contribution in [0.4, 0.5) is 5.69 Å². The number of para-hydroxylation sites is 1. The lowest BCUT2D eigenvalue weighted by Gasteiger charge is -2.29. The molecule has 1 unspecified atom stereocenters. The van der Waals surface area contributed by atoms with Gasteiger partial charge in [0.25, 0.3) is 0 Å². The Balaban J connectivity index is 1.75. The van der Waals surface area contributed by atoms with Gasteiger partial charge < -0.3 is 25.6 Å². The van der Waals surface area contributed by atoms with Gasteiger partial charge >= 0.3 is 0 Å². The summed E-state index contributed by atoms with van der Waals surface area (Å²) in [5.41, 5.74) is 2.09. The van der Waals surface area contributed by atoms with Gasteiger partial charge in [-0.1, -0.05) is 43.3 Å². The number of phenols is 2. The van der Waals surface area contributed by atoms with Gasteiger partial charge in [-0.15, -0.1) is 0 Å². The molecule has 1 atom stereocenters. The molecule has 0 saturated heterocycles. The zero-order valence-corrected chi connectivity index (χ0v) is 18.3. The molecular weight excluding hydrogens is 420 g/mol. The van der Waals surface area contributed by atoms with Gasteiger partial charge in [-0.25, -0.2) is 0 Å². The minimum Gasteiger partial charge on any atom is -0.508 e. The molecule has 1 aliphatic rings. The first-order valence-corrected chi connectivity index (χ1v) is 10.8. The molecule has 0 fully saturated rings. The number of anilines is 1. The molecule has 7 nitrogen and oxygen atoms in total. The van der Waals surface area contributed by atoms with Gasteiger partial charge in [-0.2, -0.15) is 0 Å². The lowest BCUT2D eigenvalue weighted by atomic mass is 9.70. The monoisotopic (exact) mass is 446 g/mol. The van der Waals surface area contributed by atoms with Gasteiger partial charge in [0, 0.05) is 30.0 Å². The standard InChI is InChI=1S/C26H26N2O5/c1-2-13-33-16-24(31)27-15-17-14-19(9-12-23(17)30)26(18-7-10-20(29)11-8-18)21-5-3-4-6-22(21)28-25(26)32/h3-12,14,29-30H,2,13,15-16H2,1H3,(H,27,31)(H,28,32). The number of carbonyl (C=O) groups is 2. The molecule has 1 heterocycles. The number of phenolic OH excluding ortho intramolecular Hbond substituents is 2. The van der Waals surface area contributed by atoms with Gasteiger partial charge in [-0.05, 0) is 47.9 Å². The van der Waals surface area contributed by atoms with E-state index in [1.165, 1.54) is 6.07 Å². The lowest BCUT2D eigenvalue weighted by molar-refractivity contribution is -0.125. The van der Waals surface area contributed by atoms with Crippen LogP contribution >= 0.6 is 0 Å². The van der Waals surface area contributed by atoms with E-state index in [-0.39, 0.29) is 36.5 Å². The molecule has 3 aromatic carbocycles. The van der Waals surface area contributed by atoms with E-state index >= 15 is 0 Å². The van der Waals surface area contributed by atoms with Crippen LogP contribution in [0.5, 0.6) is 11.5 Å². The van der Waals surface area contributed by atoms with Crippen molar-refractivity contribution in [1.82, 2.24) is 5.32 Å². The average molecular weight is 447 g/mol. The van der Waals surface area contributed by atoms with Gasteiger partial charge in [0.05, 0.1) is 0 Å². The molecule has 0 bridgehead atoms. The Hall–Kier alpha value is -3.84. The second-order valence-electron chi connectivity index (χ2n) is 7.97. The summed E-state index contributed by atoms with van der Waals surface area (Å²) in [5.74, 6) is -0.408. The van der Waals surface area contributed by atoms with Crippen molar-refractivity contribution in [2.75, 3.05) is 18.5 Å². The van der Waals surface area contributed by atoms with Crippen LogP contribution < -0.4 is 10.6 Å². The summed E-state index contributed by atoms with van der Waals surface area (Å²) in [6, 6.07) is 18.9. The summed E-state index contributed by atoms with van der Waals surface area (Å²) in [7, 11) is 0. The zero-order valence-electron chi connectivity index (χ0n) is 18.3. The Morgan fingerprint density at radius 3 is 2.52 bits per heavy atom. The fourth-order valence-corrected chi connectivity index (χ4v) is 4.22. The minimum absolute atomic E-state index is 0.0149. The number of fused-ring (bicyclic) bond motifs is 1. The molecule has 0 aliphatic carbocycles. The molecule has 4 N–H and O–H groups in total. The van der Waals surface area contributed by atoms with Crippen molar-refractivity contribution in [3.8, 4) is 11.5 Å². The van der Waals surface area contributed by atoms with Crippen molar-refractivity contribution in [1.29, 1.82) is 0 Å². The number of aromatic hydroxyl groups is 2. The number of ether oxygens (including phenoxy) is 1. The molecule has 33 heavy (non-hydrogen) atoms. The van der Waals surface area contributed by atoms with Crippen molar-refractivity contribution in [3.05, 3.63) is 89.0 Å². The summed E-state index contributed by atoms with van der Waals surface area (Å²) in [6.07, 6.45) is 0.818. The number of hydrogen-bond acceptors (Lipinski definition) is 5. The number of hydrogen-bond donors (Lipinski definition) is 4. The summed E-state index contributed by atoms with van der Waals surface area (Å²) in [5, 5.41) is 26.0. The Morgan fingerprint density at radius 1 is 1.03 bits per heavy atom. The van der Waals surface area contributed by atoms with E-state index in [0.29, 0.717) is 29.0 Å². The molecule has 3 aromatic rings. The minimum atomic E-state index is -1.18. The fourth-order valence-electron chi connectivity index (χ4n) is 4.22. The first-order valence-electron chi connectivity index (χ1n) is 10.8. The molecular formula is C26H26N2O5. The Labute approximate surface area is 192 Å². The quantitative estimate of drug-likeness (QED) is 0.397. The van der Waals surface area contributed by atoms with E-state index in [1.807, 2.05) is 31.2 Å². The van der Waals surface area contributed by atoms with Crippen LogP contribution in [0.1, 0.15) is 35.6 Å². The normalized spacial score (nSPS) is 16.8. The smallest absolute Gasteiger partial charge is 0.246 e. The topological polar surface area (TPSA) is 108 Å². The summed E-state index contributed by atoms with van der Waals surface area (Å²) < 4.78 is 5.26. The third-order valence-corrected chi connectivity index (χ3v) is 5.79. The lowest BCUT2D eigenvalue weighted by Crippen LogP contribution is -2.37.